The Kier molecular flexibility index (Phi) is 6.24. The first kappa shape index (κ1) is 23.3. The molecule has 2 aliphatic heterocycles. The third kappa shape index (κ3) is 5.29. The first-order chi connectivity index (χ1) is 14.3. The van der Waals surface area contributed by atoms with E-state index < -0.39 is 19.1 Å². The highest BCUT2D eigenvalue weighted by atomic mass is 28.3. The average molecular weight is 447 g/mol. The van der Waals surface area contributed by atoms with Crippen LogP contribution in [0.25, 0.3) is 0 Å². The van der Waals surface area contributed by atoms with Gasteiger partial charge in [-0.15, -0.1) is 0 Å². The van der Waals surface area contributed by atoms with Gasteiger partial charge in [0.05, 0.1) is 12.3 Å². The summed E-state index contributed by atoms with van der Waals surface area (Å²) in [5.74, 6) is 0. The molecule has 0 N–H and O–H groups in total. The molecule has 1 spiro atoms. The molecule has 0 radical (unpaired) electrons. The molecule has 2 heterocycles. The Morgan fingerprint density at radius 2 is 1.87 bits per heavy atom. The number of carbonyl (C=O) groups excluding carboxylic acids is 3. The van der Waals surface area contributed by atoms with Crippen molar-refractivity contribution in [3.63, 3.8) is 0 Å². The lowest BCUT2D eigenvalue weighted by Crippen LogP contribution is -2.41. The van der Waals surface area contributed by atoms with Crippen LogP contribution < -0.4 is 4.90 Å². The number of nitrogens with zero attached hydrogens (tertiary/aromatic N) is 2. The number of hydrogen-bond acceptors (Lipinski definition) is 5. The standard InChI is InChI=1S/C23H34N2O5Si/c1-22(2,3)30-20(27)24-10-9-23(15-24)16-25(21(28)29-11-12-31(4,5)6)19-8-7-17(14-26)13-18(19)23/h7-8,13-14H,9-12,15-16H2,1-6H3. The molecule has 0 aromatic heterocycles. The summed E-state index contributed by atoms with van der Waals surface area (Å²) in [6, 6.07) is 6.27. The van der Waals surface area contributed by atoms with Gasteiger partial charge < -0.3 is 14.4 Å². The minimum absolute atomic E-state index is 0.353. The number of aldehydes is 1. The van der Waals surface area contributed by atoms with E-state index in [1.54, 1.807) is 15.9 Å². The molecule has 1 saturated heterocycles. The summed E-state index contributed by atoms with van der Waals surface area (Å²) in [5, 5.41) is 0. The number of hydrogen-bond donors (Lipinski definition) is 0. The van der Waals surface area contributed by atoms with Gasteiger partial charge in [-0.25, -0.2) is 9.59 Å². The second kappa shape index (κ2) is 8.30. The van der Waals surface area contributed by atoms with Crippen LogP contribution in [0.4, 0.5) is 15.3 Å². The molecule has 0 saturated carbocycles. The number of rotatable bonds is 4. The highest BCUT2D eigenvalue weighted by Gasteiger charge is 2.50. The number of carbonyl (C=O) groups is 3. The molecule has 8 heteroatoms. The summed E-state index contributed by atoms with van der Waals surface area (Å²) >= 11 is 0. The summed E-state index contributed by atoms with van der Waals surface area (Å²) in [4.78, 5) is 40.3. The van der Waals surface area contributed by atoms with E-state index in [0.29, 0.717) is 38.2 Å². The lowest BCUT2D eigenvalue weighted by Gasteiger charge is -2.27. The molecule has 2 aliphatic rings. The number of ether oxygens (including phenoxy) is 2. The van der Waals surface area contributed by atoms with E-state index in [9.17, 15) is 14.4 Å². The van der Waals surface area contributed by atoms with Crippen LogP contribution in [0.1, 0.15) is 43.1 Å². The van der Waals surface area contributed by atoms with Crippen molar-refractivity contribution in [2.45, 2.75) is 63.9 Å². The zero-order chi connectivity index (χ0) is 23.0. The fraction of sp³-hybridized carbons (Fsp3) is 0.609. The normalized spacial score (nSPS) is 20.7. The minimum atomic E-state index is -1.31. The second-order valence-electron chi connectivity index (χ2n) is 10.8. The second-order valence-corrected chi connectivity index (χ2v) is 16.5. The molecule has 0 aliphatic carbocycles. The van der Waals surface area contributed by atoms with Gasteiger partial charge in [0.25, 0.3) is 0 Å². The van der Waals surface area contributed by atoms with E-state index in [4.69, 9.17) is 9.47 Å². The number of amides is 2. The topological polar surface area (TPSA) is 76.2 Å². The molecule has 1 aromatic rings. The number of likely N-dealkylation sites (tertiary alicyclic amines) is 1. The summed E-state index contributed by atoms with van der Waals surface area (Å²) in [5.41, 5.74) is 1.24. The summed E-state index contributed by atoms with van der Waals surface area (Å²) in [6.45, 7) is 14.1. The quantitative estimate of drug-likeness (QED) is 0.496. The third-order valence-corrected chi connectivity index (χ3v) is 7.49. The molecule has 0 bridgehead atoms. The predicted octanol–water partition coefficient (Wildman–Crippen LogP) is 4.67. The van der Waals surface area contributed by atoms with Gasteiger partial charge in [0, 0.05) is 38.7 Å². The molecule has 1 fully saturated rings. The Hall–Kier alpha value is -2.35. The van der Waals surface area contributed by atoms with Crippen LogP contribution >= 0.6 is 0 Å². The average Bonchev–Trinajstić information content (AvgIpc) is 3.22. The van der Waals surface area contributed by atoms with E-state index in [-0.39, 0.29) is 12.2 Å². The van der Waals surface area contributed by atoms with Crippen LogP contribution in [0.5, 0.6) is 0 Å². The van der Waals surface area contributed by atoms with Gasteiger partial charge in [0.15, 0.2) is 0 Å². The van der Waals surface area contributed by atoms with Crippen molar-refractivity contribution in [3.8, 4) is 0 Å². The Bertz CT molecular complexity index is 874. The molecular weight excluding hydrogens is 412 g/mol. The van der Waals surface area contributed by atoms with Crippen LogP contribution in [0, 0.1) is 0 Å². The molecule has 7 nitrogen and oxygen atoms in total. The molecule has 31 heavy (non-hydrogen) atoms. The van der Waals surface area contributed by atoms with Crippen molar-refractivity contribution in [3.05, 3.63) is 29.3 Å². The molecule has 1 aromatic carbocycles. The van der Waals surface area contributed by atoms with Crippen LogP contribution in [-0.4, -0.2) is 63.3 Å². The van der Waals surface area contributed by atoms with Gasteiger partial charge in [0.2, 0.25) is 0 Å². The smallest absolute Gasteiger partial charge is 0.414 e. The Morgan fingerprint density at radius 3 is 2.48 bits per heavy atom. The summed E-state index contributed by atoms with van der Waals surface area (Å²) in [6.07, 6.45) is 0.781. The highest BCUT2D eigenvalue weighted by Crippen LogP contribution is 2.47. The fourth-order valence-corrected chi connectivity index (χ4v) is 4.86. The van der Waals surface area contributed by atoms with E-state index in [0.717, 1.165) is 23.6 Å². The molecule has 2 amide bonds. The zero-order valence-electron chi connectivity index (χ0n) is 19.5. The summed E-state index contributed by atoms with van der Waals surface area (Å²) < 4.78 is 11.2. The van der Waals surface area contributed by atoms with E-state index >= 15 is 0 Å². The highest BCUT2D eigenvalue weighted by molar-refractivity contribution is 6.76. The lowest BCUT2D eigenvalue weighted by molar-refractivity contribution is 0.0285. The van der Waals surface area contributed by atoms with E-state index in [1.165, 1.54) is 0 Å². The monoisotopic (exact) mass is 446 g/mol. The van der Waals surface area contributed by atoms with Crippen LogP contribution in [0.3, 0.4) is 0 Å². The first-order valence-electron chi connectivity index (χ1n) is 10.9. The third-order valence-electron chi connectivity index (χ3n) is 5.78. The van der Waals surface area contributed by atoms with Crippen LogP contribution in [0.2, 0.25) is 25.7 Å². The number of fused-ring (bicyclic) bond motifs is 2. The zero-order valence-corrected chi connectivity index (χ0v) is 20.5. The molecule has 1 unspecified atom stereocenters. The van der Waals surface area contributed by atoms with Crippen molar-refractivity contribution in [1.82, 2.24) is 4.90 Å². The van der Waals surface area contributed by atoms with Crippen molar-refractivity contribution in [2.75, 3.05) is 31.1 Å². The van der Waals surface area contributed by atoms with Gasteiger partial charge in [-0.2, -0.15) is 0 Å². The lowest BCUT2D eigenvalue weighted by atomic mass is 9.81. The Balaban J connectivity index is 1.82. The Labute approximate surface area is 185 Å². The van der Waals surface area contributed by atoms with Gasteiger partial charge in [0.1, 0.15) is 11.9 Å². The molecule has 1 atom stereocenters. The maximum absolute atomic E-state index is 12.9. The maximum Gasteiger partial charge on any atom is 0.414 e. The molecule has 3 rings (SSSR count). The van der Waals surface area contributed by atoms with Crippen molar-refractivity contribution >= 4 is 32.2 Å². The van der Waals surface area contributed by atoms with Gasteiger partial charge in [-0.1, -0.05) is 19.6 Å². The van der Waals surface area contributed by atoms with Crippen LogP contribution in [-0.2, 0) is 14.9 Å². The largest absolute Gasteiger partial charge is 0.449 e. The molecular formula is C23H34N2O5Si. The van der Waals surface area contributed by atoms with E-state index in [1.807, 2.05) is 32.9 Å². The number of benzene rings is 1. The number of anilines is 1. The predicted molar refractivity (Wildman–Crippen MR) is 123 cm³/mol. The SMILES string of the molecule is CC(C)(C)OC(=O)N1CCC2(C1)CN(C(=O)OCC[Si](C)(C)C)c1ccc(C=O)cc12. The maximum atomic E-state index is 12.9. The van der Waals surface area contributed by atoms with Gasteiger partial charge >= 0.3 is 12.2 Å². The van der Waals surface area contributed by atoms with Gasteiger partial charge in [-0.05, 0) is 57.0 Å². The fourth-order valence-electron chi connectivity index (χ4n) is 4.15. The van der Waals surface area contributed by atoms with Gasteiger partial charge in [-0.3, -0.25) is 9.69 Å². The molecule has 170 valence electrons. The van der Waals surface area contributed by atoms with Crippen LogP contribution in [0.15, 0.2) is 18.2 Å². The Morgan fingerprint density at radius 1 is 1.16 bits per heavy atom. The van der Waals surface area contributed by atoms with Crippen molar-refractivity contribution < 1.29 is 23.9 Å². The van der Waals surface area contributed by atoms with Crippen molar-refractivity contribution in [2.24, 2.45) is 0 Å². The first-order valence-corrected chi connectivity index (χ1v) is 14.6. The van der Waals surface area contributed by atoms with Crippen molar-refractivity contribution in [1.29, 1.82) is 0 Å². The summed E-state index contributed by atoms with van der Waals surface area (Å²) in [7, 11) is -1.31. The minimum Gasteiger partial charge on any atom is -0.449 e. The van der Waals surface area contributed by atoms with E-state index in [2.05, 4.69) is 19.6 Å².